The van der Waals surface area contributed by atoms with Gasteiger partial charge in [0.25, 0.3) is 0 Å². The molecule has 2 rings (SSSR count). The highest BCUT2D eigenvalue weighted by molar-refractivity contribution is 5.87. The number of rotatable bonds is 2. The second-order valence-electron chi connectivity index (χ2n) is 3.43. The van der Waals surface area contributed by atoms with Crippen LogP contribution in [0.15, 0.2) is 18.3 Å². The van der Waals surface area contributed by atoms with Crippen molar-refractivity contribution >= 4 is 11.7 Å². The van der Waals surface area contributed by atoms with Crippen molar-refractivity contribution in [3.63, 3.8) is 0 Å². The SMILES string of the molecule is CC(=O)Nc1cc(C2CC2)ccn1. The van der Waals surface area contributed by atoms with Crippen LogP contribution in [-0.2, 0) is 4.79 Å². The van der Waals surface area contributed by atoms with E-state index in [-0.39, 0.29) is 5.91 Å². The van der Waals surface area contributed by atoms with E-state index in [1.807, 2.05) is 12.1 Å². The normalized spacial score (nSPS) is 15.5. The lowest BCUT2D eigenvalue weighted by Gasteiger charge is -2.02. The van der Waals surface area contributed by atoms with Crippen LogP contribution in [0.5, 0.6) is 0 Å². The predicted octanol–water partition coefficient (Wildman–Crippen LogP) is 1.92. The van der Waals surface area contributed by atoms with E-state index < -0.39 is 0 Å². The first-order valence-electron chi connectivity index (χ1n) is 4.49. The van der Waals surface area contributed by atoms with Gasteiger partial charge in [-0.25, -0.2) is 4.98 Å². The van der Waals surface area contributed by atoms with Crippen LogP contribution in [0.2, 0.25) is 0 Å². The summed E-state index contributed by atoms with van der Waals surface area (Å²) in [5, 5.41) is 2.68. The molecule has 13 heavy (non-hydrogen) atoms. The number of hydrogen-bond donors (Lipinski definition) is 1. The zero-order chi connectivity index (χ0) is 9.26. The second kappa shape index (κ2) is 3.17. The number of nitrogens with one attached hydrogen (secondary N) is 1. The van der Waals surface area contributed by atoms with E-state index >= 15 is 0 Å². The Morgan fingerprint density at radius 1 is 1.62 bits per heavy atom. The van der Waals surface area contributed by atoms with Gasteiger partial charge in [0.05, 0.1) is 0 Å². The van der Waals surface area contributed by atoms with Gasteiger partial charge < -0.3 is 5.32 Å². The summed E-state index contributed by atoms with van der Waals surface area (Å²) >= 11 is 0. The van der Waals surface area contributed by atoms with Gasteiger partial charge in [-0.3, -0.25) is 4.79 Å². The summed E-state index contributed by atoms with van der Waals surface area (Å²) in [5.74, 6) is 1.30. The maximum Gasteiger partial charge on any atom is 0.222 e. The Labute approximate surface area is 77.2 Å². The van der Waals surface area contributed by atoms with Crippen LogP contribution in [0.3, 0.4) is 0 Å². The number of carbonyl (C=O) groups excluding carboxylic acids is 1. The summed E-state index contributed by atoms with van der Waals surface area (Å²) in [5.41, 5.74) is 1.29. The lowest BCUT2D eigenvalue weighted by atomic mass is 10.2. The first-order valence-corrected chi connectivity index (χ1v) is 4.49. The molecule has 3 nitrogen and oxygen atoms in total. The van der Waals surface area contributed by atoms with Gasteiger partial charge in [0.15, 0.2) is 0 Å². The summed E-state index contributed by atoms with van der Waals surface area (Å²) in [6.45, 7) is 1.49. The molecule has 0 aromatic carbocycles. The molecule has 0 unspecified atom stereocenters. The third kappa shape index (κ3) is 2.05. The van der Waals surface area contributed by atoms with E-state index in [0.717, 1.165) is 0 Å². The topological polar surface area (TPSA) is 42.0 Å². The molecule has 1 aliphatic carbocycles. The fourth-order valence-corrected chi connectivity index (χ4v) is 1.37. The molecule has 0 aliphatic heterocycles. The molecule has 1 N–H and O–H groups in total. The molecular weight excluding hydrogens is 164 g/mol. The monoisotopic (exact) mass is 176 g/mol. The van der Waals surface area contributed by atoms with E-state index in [0.29, 0.717) is 11.7 Å². The van der Waals surface area contributed by atoms with Crippen LogP contribution in [0, 0.1) is 0 Å². The van der Waals surface area contributed by atoms with Gasteiger partial charge >= 0.3 is 0 Å². The van der Waals surface area contributed by atoms with Crippen LogP contribution < -0.4 is 5.32 Å². The minimum Gasteiger partial charge on any atom is -0.311 e. The molecule has 1 heterocycles. The lowest BCUT2D eigenvalue weighted by Crippen LogP contribution is -2.07. The fourth-order valence-electron chi connectivity index (χ4n) is 1.37. The summed E-state index contributed by atoms with van der Waals surface area (Å²) in [7, 11) is 0. The summed E-state index contributed by atoms with van der Waals surface area (Å²) < 4.78 is 0. The van der Waals surface area contributed by atoms with Crippen molar-refractivity contribution in [1.29, 1.82) is 0 Å². The third-order valence-corrected chi connectivity index (χ3v) is 2.14. The molecule has 68 valence electrons. The average molecular weight is 176 g/mol. The van der Waals surface area contributed by atoms with E-state index in [4.69, 9.17) is 0 Å². The minimum atomic E-state index is -0.0690. The van der Waals surface area contributed by atoms with E-state index in [9.17, 15) is 4.79 Å². The summed E-state index contributed by atoms with van der Waals surface area (Å²) in [6.07, 6.45) is 4.28. The highest BCUT2D eigenvalue weighted by atomic mass is 16.1. The lowest BCUT2D eigenvalue weighted by molar-refractivity contribution is -0.114. The van der Waals surface area contributed by atoms with Crippen molar-refractivity contribution in [1.82, 2.24) is 4.98 Å². The molecule has 0 radical (unpaired) electrons. The predicted molar refractivity (Wildman–Crippen MR) is 50.5 cm³/mol. The van der Waals surface area contributed by atoms with Crippen molar-refractivity contribution in [2.24, 2.45) is 0 Å². The Balaban J connectivity index is 2.16. The summed E-state index contributed by atoms with van der Waals surface area (Å²) in [4.78, 5) is 14.8. The Morgan fingerprint density at radius 2 is 2.38 bits per heavy atom. The molecule has 0 saturated heterocycles. The largest absolute Gasteiger partial charge is 0.311 e. The van der Waals surface area contributed by atoms with E-state index in [2.05, 4.69) is 10.3 Å². The average Bonchev–Trinajstić information content (AvgIpc) is 2.85. The molecule has 0 spiro atoms. The van der Waals surface area contributed by atoms with Gasteiger partial charge in [-0.2, -0.15) is 0 Å². The zero-order valence-electron chi connectivity index (χ0n) is 7.58. The molecule has 1 amide bonds. The molecule has 1 aromatic heterocycles. The minimum absolute atomic E-state index is 0.0690. The van der Waals surface area contributed by atoms with Crippen molar-refractivity contribution in [2.75, 3.05) is 5.32 Å². The van der Waals surface area contributed by atoms with Crippen molar-refractivity contribution < 1.29 is 4.79 Å². The van der Waals surface area contributed by atoms with E-state index in [1.165, 1.54) is 25.3 Å². The van der Waals surface area contributed by atoms with Crippen molar-refractivity contribution in [3.05, 3.63) is 23.9 Å². The van der Waals surface area contributed by atoms with Gasteiger partial charge in [-0.1, -0.05) is 0 Å². The quantitative estimate of drug-likeness (QED) is 0.748. The fraction of sp³-hybridized carbons (Fsp3) is 0.400. The number of aromatic nitrogens is 1. The van der Waals surface area contributed by atoms with Crippen LogP contribution in [-0.4, -0.2) is 10.9 Å². The smallest absolute Gasteiger partial charge is 0.222 e. The van der Waals surface area contributed by atoms with E-state index in [1.54, 1.807) is 6.20 Å². The highest BCUT2D eigenvalue weighted by Crippen LogP contribution is 2.40. The Morgan fingerprint density at radius 3 is 3.00 bits per heavy atom. The Kier molecular flexibility index (Phi) is 2.00. The number of hydrogen-bond acceptors (Lipinski definition) is 2. The zero-order valence-corrected chi connectivity index (χ0v) is 7.58. The molecular formula is C10H12N2O. The standard InChI is InChI=1S/C10H12N2O/c1-7(13)12-10-6-9(4-5-11-10)8-2-3-8/h4-6,8H,2-3H2,1H3,(H,11,12,13). The number of amides is 1. The molecule has 1 aromatic rings. The number of nitrogens with zero attached hydrogens (tertiary/aromatic N) is 1. The third-order valence-electron chi connectivity index (χ3n) is 2.14. The molecule has 3 heteroatoms. The van der Waals surface area contributed by atoms with Gasteiger partial charge in [-0.15, -0.1) is 0 Å². The Bertz CT molecular complexity index is 331. The number of pyridine rings is 1. The molecule has 1 saturated carbocycles. The molecule has 0 bridgehead atoms. The second-order valence-corrected chi connectivity index (χ2v) is 3.43. The van der Waals surface area contributed by atoms with Crippen LogP contribution >= 0.6 is 0 Å². The number of anilines is 1. The first kappa shape index (κ1) is 8.23. The molecule has 1 fully saturated rings. The van der Waals surface area contributed by atoms with Gasteiger partial charge in [-0.05, 0) is 36.5 Å². The Hall–Kier alpha value is -1.38. The molecule has 1 aliphatic rings. The maximum absolute atomic E-state index is 10.8. The molecule has 0 atom stereocenters. The maximum atomic E-state index is 10.8. The van der Waals surface area contributed by atoms with Gasteiger partial charge in [0.1, 0.15) is 5.82 Å². The highest BCUT2D eigenvalue weighted by Gasteiger charge is 2.23. The van der Waals surface area contributed by atoms with Crippen LogP contribution in [0.4, 0.5) is 5.82 Å². The van der Waals surface area contributed by atoms with Gasteiger partial charge in [0, 0.05) is 13.1 Å². The van der Waals surface area contributed by atoms with Crippen LogP contribution in [0.1, 0.15) is 31.2 Å². The number of carbonyl (C=O) groups is 1. The summed E-state index contributed by atoms with van der Waals surface area (Å²) in [6, 6.07) is 3.97. The van der Waals surface area contributed by atoms with Crippen LogP contribution in [0.25, 0.3) is 0 Å². The first-order chi connectivity index (χ1) is 6.25. The van der Waals surface area contributed by atoms with Crippen molar-refractivity contribution in [2.45, 2.75) is 25.7 Å². The van der Waals surface area contributed by atoms with Crippen molar-refractivity contribution in [3.8, 4) is 0 Å². The van der Waals surface area contributed by atoms with Gasteiger partial charge in [0.2, 0.25) is 5.91 Å².